The third-order valence-corrected chi connectivity index (χ3v) is 7.86. The van der Waals surface area contributed by atoms with Gasteiger partial charge in [-0.25, -0.2) is 8.78 Å². The van der Waals surface area contributed by atoms with Crippen LogP contribution >= 0.6 is 0 Å². The number of rotatable bonds is 5. The van der Waals surface area contributed by atoms with Gasteiger partial charge in [0.25, 0.3) is 0 Å². The fourth-order valence-corrected chi connectivity index (χ4v) is 6.26. The number of allylic oxidation sites excluding steroid dienone is 1. The van der Waals surface area contributed by atoms with Crippen molar-refractivity contribution in [3.8, 4) is 11.1 Å². The summed E-state index contributed by atoms with van der Waals surface area (Å²) < 4.78 is 26.4. The topological polar surface area (TPSA) is 0 Å². The van der Waals surface area contributed by atoms with E-state index in [1.165, 1.54) is 49.0 Å². The van der Waals surface area contributed by atoms with Gasteiger partial charge in [0.15, 0.2) is 11.6 Å². The Morgan fingerprint density at radius 1 is 0.960 bits per heavy atom. The highest BCUT2D eigenvalue weighted by molar-refractivity contribution is 6.64. The molecule has 0 aromatic heterocycles. The Labute approximate surface area is 151 Å². The summed E-state index contributed by atoms with van der Waals surface area (Å²) in [4.78, 5) is 0. The van der Waals surface area contributed by atoms with Crippen LogP contribution in [0.25, 0.3) is 11.1 Å². The summed E-state index contributed by atoms with van der Waals surface area (Å²) in [6.45, 7) is 2.13. The average molecular weight is 356 g/mol. The molecule has 25 heavy (non-hydrogen) atoms. The highest BCUT2D eigenvalue weighted by Crippen LogP contribution is 2.29. The van der Waals surface area contributed by atoms with Gasteiger partial charge in [-0.2, -0.15) is 0 Å². The maximum atomic E-state index is 13.4. The number of hydrogen-bond donors (Lipinski definition) is 0. The molecular weight excluding hydrogens is 330 g/mol. The second-order valence-electron chi connectivity index (χ2n) is 6.97. The minimum absolute atomic E-state index is 0.194. The summed E-state index contributed by atoms with van der Waals surface area (Å²) >= 11 is 0. The van der Waals surface area contributed by atoms with Crippen molar-refractivity contribution in [2.45, 2.75) is 44.7 Å². The molecule has 0 nitrogen and oxygen atoms in total. The predicted molar refractivity (Wildman–Crippen MR) is 103 cm³/mol. The Hall–Kier alpha value is -1.74. The van der Waals surface area contributed by atoms with E-state index >= 15 is 0 Å². The van der Waals surface area contributed by atoms with Crippen molar-refractivity contribution < 1.29 is 8.78 Å². The third-order valence-electron chi connectivity index (χ3n) is 5.20. The molecule has 3 heteroatoms. The molecule has 0 aliphatic carbocycles. The summed E-state index contributed by atoms with van der Waals surface area (Å²) in [7, 11) is -0.194. The first-order valence-electron chi connectivity index (χ1n) is 9.17. The fraction of sp³-hybridized carbons (Fsp3) is 0.364. The third kappa shape index (κ3) is 4.88. The van der Waals surface area contributed by atoms with Crippen LogP contribution in [0, 0.1) is 17.6 Å². The van der Waals surface area contributed by atoms with E-state index in [2.05, 4.69) is 30.8 Å². The molecule has 2 aromatic carbocycles. The van der Waals surface area contributed by atoms with E-state index in [1.807, 2.05) is 12.1 Å². The van der Waals surface area contributed by atoms with E-state index < -0.39 is 11.6 Å². The molecule has 1 aliphatic heterocycles. The Balaban J connectivity index is 1.54. The molecule has 0 saturated carbocycles. The minimum Gasteiger partial charge on any atom is -0.204 e. The van der Waals surface area contributed by atoms with Crippen molar-refractivity contribution in [1.82, 2.24) is 0 Å². The van der Waals surface area contributed by atoms with Crippen molar-refractivity contribution in [3.63, 3.8) is 0 Å². The molecule has 0 spiro atoms. The van der Waals surface area contributed by atoms with Crippen LogP contribution in [0.3, 0.4) is 0 Å². The van der Waals surface area contributed by atoms with Gasteiger partial charge >= 0.3 is 0 Å². The van der Waals surface area contributed by atoms with E-state index in [1.54, 1.807) is 6.07 Å². The van der Waals surface area contributed by atoms with Crippen LogP contribution < -0.4 is 0 Å². The second kappa shape index (κ2) is 8.57. The Kier molecular flexibility index (Phi) is 6.19. The molecule has 0 N–H and O–H groups in total. The lowest BCUT2D eigenvalue weighted by molar-refractivity contribution is 0.439. The molecule has 1 saturated heterocycles. The predicted octanol–water partition coefficient (Wildman–Crippen LogP) is 6.58. The SMILES string of the molecule is C/C=C/[Si]1CCC(CCc2ccc(-c3ccc(F)c(F)c3)cc2)CC1. The lowest BCUT2D eigenvalue weighted by atomic mass is 9.93. The largest absolute Gasteiger partial charge is 0.204 e. The highest BCUT2D eigenvalue weighted by atomic mass is 28.3. The van der Waals surface area contributed by atoms with E-state index in [0.717, 1.165) is 23.5 Å². The van der Waals surface area contributed by atoms with Gasteiger partial charge in [0.05, 0.1) is 8.80 Å². The van der Waals surface area contributed by atoms with Gasteiger partial charge in [-0.3, -0.25) is 0 Å². The molecule has 1 radical (unpaired) electrons. The van der Waals surface area contributed by atoms with Gasteiger partial charge in [-0.05, 0) is 54.5 Å². The zero-order valence-corrected chi connectivity index (χ0v) is 15.8. The van der Waals surface area contributed by atoms with Gasteiger partial charge < -0.3 is 0 Å². The van der Waals surface area contributed by atoms with Crippen LogP contribution in [0.2, 0.25) is 12.1 Å². The molecule has 1 heterocycles. The van der Waals surface area contributed by atoms with Crippen LogP contribution in [-0.4, -0.2) is 8.80 Å². The van der Waals surface area contributed by atoms with Crippen LogP contribution in [0.5, 0.6) is 0 Å². The molecular formula is C22H25F2Si. The van der Waals surface area contributed by atoms with Gasteiger partial charge in [0, 0.05) is 0 Å². The quantitative estimate of drug-likeness (QED) is 0.531. The minimum atomic E-state index is -0.799. The Morgan fingerprint density at radius 3 is 2.28 bits per heavy atom. The van der Waals surface area contributed by atoms with Gasteiger partial charge in [-0.1, -0.05) is 61.3 Å². The van der Waals surface area contributed by atoms with Crippen molar-refractivity contribution in [2.75, 3.05) is 0 Å². The van der Waals surface area contributed by atoms with Crippen LogP contribution in [-0.2, 0) is 6.42 Å². The molecule has 131 valence electrons. The normalized spacial score (nSPS) is 16.6. The van der Waals surface area contributed by atoms with Crippen molar-refractivity contribution in [2.24, 2.45) is 5.92 Å². The van der Waals surface area contributed by atoms with Gasteiger partial charge in [-0.15, -0.1) is 5.70 Å². The summed E-state index contributed by atoms with van der Waals surface area (Å²) in [5.74, 6) is -0.727. The summed E-state index contributed by atoms with van der Waals surface area (Å²) in [6.07, 6.45) is 7.35. The Bertz CT molecular complexity index is 713. The first-order chi connectivity index (χ1) is 12.2. The molecule has 0 bridgehead atoms. The zero-order valence-electron chi connectivity index (χ0n) is 14.8. The van der Waals surface area contributed by atoms with E-state index in [9.17, 15) is 8.78 Å². The maximum absolute atomic E-state index is 13.4. The van der Waals surface area contributed by atoms with Crippen molar-refractivity contribution >= 4 is 8.80 Å². The fourth-order valence-electron chi connectivity index (χ4n) is 3.65. The molecule has 2 aromatic rings. The van der Waals surface area contributed by atoms with Crippen LogP contribution in [0.4, 0.5) is 8.78 Å². The second-order valence-corrected chi connectivity index (χ2v) is 9.62. The lowest BCUT2D eigenvalue weighted by Gasteiger charge is -2.25. The van der Waals surface area contributed by atoms with E-state index in [0.29, 0.717) is 0 Å². The number of benzene rings is 2. The first-order valence-corrected chi connectivity index (χ1v) is 11.2. The number of halogens is 2. The monoisotopic (exact) mass is 355 g/mol. The lowest BCUT2D eigenvalue weighted by Crippen LogP contribution is -2.19. The van der Waals surface area contributed by atoms with E-state index in [4.69, 9.17) is 0 Å². The number of hydrogen-bond acceptors (Lipinski definition) is 0. The van der Waals surface area contributed by atoms with Gasteiger partial charge in [0.1, 0.15) is 0 Å². The number of aryl methyl sites for hydroxylation is 1. The summed E-state index contributed by atoms with van der Waals surface area (Å²) in [5.41, 5.74) is 5.43. The summed E-state index contributed by atoms with van der Waals surface area (Å²) in [5, 5.41) is 0. The highest BCUT2D eigenvalue weighted by Gasteiger charge is 2.20. The van der Waals surface area contributed by atoms with Crippen molar-refractivity contribution in [3.05, 3.63) is 71.4 Å². The summed E-state index contributed by atoms with van der Waals surface area (Å²) in [6, 6.07) is 15.2. The Morgan fingerprint density at radius 2 is 1.64 bits per heavy atom. The molecule has 0 amide bonds. The van der Waals surface area contributed by atoms with Crippen LogP contribution in [0.15, 0.2) is 54.2 Å². The van der Waals surface area contributed by atoms with Crippen LogP contribution in [0.1, 0.15) is 31.7 Å². The smallest absolute Gasteiger partial charge is 0.159 e. The first kappa shape index (κ1) is 18.1. The zero-order chi connectivity index (χ0) is 17.6. The molecule has 3 rings (SSSR count). The van der Waals surface area contributed by atoms with Crippen molar-refractivity contribution in [1.29, 1.82) is 0 Å². The molecule has 1 aliphatic rings. The average Bonchev–Trinajstić information content (AvgIpc) is 2.64. The maximum Gasteiger partial charge on any atom is 0.159 e. The molecule has 0 unspecified atom stereocenters. The standard InChI is InChI=1S/C22H25F2Si/c1-2-13-25-14-11-18(12-15-25)4-3-17-5-7-19(8-6-17)20-9-10-21(23)22(24)16-20/h2,5-10,13,16,18H,3-4,11-12,14-15H2,1H3/b13-2+. The molecule has 0 atom stereocenters. The van der Waals surface area contributed by atoms with E-state index in [-0.39, 0.29) is 8.80 Å². The molecule has 1 fully saturated rings. The van der Waals surface area contributed by atoms with Gasteiger partial charge in [0.2, 0.25) is 0 Å².